The van der Waals surface area contributed by atoms with Crippen molar-refractivity contribution in [2.75, 3.05) is 7.05 Å². The Morgan fingerprint density at radius 3 is 2.56 bits per heavy atom. The minimum absolute atomic E-state index is 0. The second kappa shape index (κ2) is 9.55. The largest absolute Gasteiger partial charge is 0.439 e. The van der Waals surface area contributed by atoms with E-state index >= 15 is 0 Å². The molecule has 0 amide bonds. The van der Waals surface area contributed by atoms with E-state index in [4.69, 9.17) is 4.74 Å². The molecule has 5 nitrogen and oxygen atoms in total. The van der Waals surface area contributed by atoms with Gasteiger partial charge in [0.1, 0.15) is 11.6 Å². The monoisotopic (exact) mass is 458 g/mol. The number of benzene rings is 1. The summed E-state index contributed by atoms with van der Waals surface area (Å²) < 4.78 is 18.7. The SMILES string of the molecule is CN=C(NCc1ccc(Oc2cccc(F)c2)nc1)NC(C)(C)C.I. The zero-order chi connectivity index (χ0) is 17.6. The van der Waals surface area contributed by atoms with E-state index in [1.54, 1.807) is 31.4 Å². The summed E-state index contributed by atoms with van der Waals surface area (Å²) in [6.07, 6.45) is 1.71. The summed E-state index contributed by atoms with van der Waals surface area (Å²) in [5.41, 5.74) is 0.918. The van der Waals surface area contributed by atoms with E-state index in [9.17, 15) is 4.39 Å². The maximum atomic E-state index is 13.1. The Labute approximate surface area is 165 Å². The summed E-state index contributed by atoms with van der Waals surface area (Å²) in [5, 5.41) is 6.51. The fourth-order valence-corrected chi connectivity index (χ4v) is 1.95. The van der Waals surface area contributed by atoms with E-state index in [2.05, 4.69) is 41.4 Å². The Bertz CT molecular complexity index is 699. The van der Waals surface area contributed by atoms with Crippen molar-refractivity contribution < 1.29 is 9.13 Å². The molecule has 2 rings (SSSR count). The van der Waals surface area contributed by atoms with Crippen molar-refractivity contribution >= 4 is 29.9 Å². The number of guanidine groups is 1. The number of ether oxygens (including phenoxy) is 1. The molecule has 0 atom stereocenters. The molecule has 2 aromatic rings. The predicted octanol–water partition coefficient (Wildman–Crippen LogP) is 4.09. The maximum Gasteiger partial charge on any atom is 0.219 e. The highest BCUT2D eigenvalue weighted by Crippen LogP contribution is 2.19. The van der Waals surface area contributed by atoms with Gasteiger partial charge in [0.05, 0.1) is 0 Å². The van der Waals surface area contributed by atoms with Crippen LogP contribution in [0.1, 0.15) is 26.3 Å². The Kier molecular flexibility index (Phi) is 8.08. The van der Waals surface area contributed by atoms with Gasteiger partial charge in [-0.25, -0.2) is 9.37 Å². The van der Waals surface area contributed by atoms with Crippen LogP contribution in [0, 0.1) is 5.82 Å². The molecule has 25 heavy (non-hydrogen) atoms. The average Bonchev–Trinajstić information content (AvgIpc) is 2.52. The molecule has 0 spiro atoms. The van der Waals surface area contributed by atoms with Gasteiger partial charge in [0.25, 0.3) is 0 Å². The molecule has 136 valence electrons. The quantitative estimate of drug-likeness (QED) is 0.412. The highest BCUT2D eigenvalue weighted by Gasteiger charge is 2.11. The summed E-state index contributed by atoms with van der Waals surface area (Å²) in [5.74, 6) is 1.22. The molecule has 2 N–H and O–H groups in total. The Hall–Kier alpha value is -1.90. The second-order valence-electron chi connectivity index (χ2n) is 6.36. The first-order valence-corrected chi connectivity index (χ1v) is 7.73. The lowest BCUT2D eigenvalue weighted by Gasteiger charge is -2.23. The lowest BCUT2D eigenvalue weighted by molar-refractivity contribution is 0.457. The van der Waals surface area contributed by atoms with Crippen molar-refractivity contribution in [1.82, 2.24) is 15.6 Å². The molecule has 1 aromatic carbocycles. The number of nitrogens with zero attached hydrogens (tertiary/aromatic N) is 2. The van der Waals surface area contributed by atoms with Crippen LogP contribution in [-0.2, 0) is 6.54 Å². The molecule has 0 bridgehead atoms. The molecule has 0 saturated carbocycles. The second-order valence-corrected chi connectivity index (χ2v) is 6.36. The van der Waals surface area contributed by atoms with Gasteiger partial charge in [0.2, 0.25) is 5.88 Å². The van der Waals surface area contributed by atoms with Gasteiger partial charge < -0.3 is 15.4 Å². The van der Waals surface area contributed by atoms with Gasteiger partial charge in [-0.3, -0.25) is 4.99 Å². The number of rotatable bonds is 4. The zero-order valence-corrected chi connectivity index (χ0v) is 17.2. The smallest absolute Gasteiger partial charge is 0.219 e. The van der Waals surface area contributed by atoms with Crippen LogP contribution in [0.15, 0.2) is 47.6 Å². The number of nitrogens with one attached hydrogen (secondary N) is 2. The van der Waals surface area contributed by atoms with Crippen molar-refractivity contribution in [2.24, 2.45) is 4.99 Å². The highest BCUT2D eigenvalue weighted by atomic mass is 127. The molecule has 0 saturated heterocycles. The summed E-state index contributed by atoms with van der Waals surface area (Å²) >= 11 is 0. The third-order valence-electron chi connectivity index (χ3n) is 2.99. The fourth-order valence-electron chi connectivity index (χ4n) is 1.95. The molecule has 0 fully saturated rings. The average molecular weight is 458 g/mol. The lowest BCUT2D eigenvalue weighted by atomic mass is 10.1. The minimum Gasteiger partial charge on any atom is -0.439 e. The number of hydrogen-bond donors (Lipinski definition) is 2. The fraction of sp³-hybridized carbons (Fsp3) is 0.333. The Morgan fingerprint density at radius 1 is 1.24 bits per heavy atom. The van der Waals surface area contributed by atoms with Crippen molar-refractivity contribution in [3.63, 3.8) is 0 Å². The molecular formula is C18H24FIN4O. The molecule has 0 radical (unpaired) electrons. The van der Waals surface area contributed by atoms with Crippen LogP contribution in [0.5, 0.6) is 11.6 Å². The van der Waals surface area contributed by atoms with Gasteiger partial charge in [-0.05, 0) is 38.5 Å². The third-order valence-corrected chi connectivity index (χ3v) is 2.99. The number of aliphatic imine (C=N–C) groups is 1. The minimum atomic E-state index is -0.342. The van der Waals surface area contributed by atoms with Crippen LogP contribution in [0.25, 0.3) is 0 Å². The number of aromatic nitrogens is 1. The summed E-state index contributed by atoms with van der Waals surface area (Å²) in [4.78, 5) is 8.42. The van der Waals surface area contributed by atoms with Crippen LogP contribution in [0.4, 0.5) is 4.39 Å². The molecule has 0 unspecified atom stereocenters. The third kappa shape index (κ3) is 7.68. The van der Waals surface area contributed by atoms with E-state index in [1.165, 1.54) is 12.1 Å². The molecule has 1 heterocycles. The first-order valence-electron chi connectivity index (χ1n) is 7.73. The van der Waals surface area contributed by atoms with Crippen LogP contribution in [0.2, 0.25) is 0 Å². The van der Waals surface area contributed by atoms with Crippen LogP contribution in [-0.4, -0.2) is 23.5 Å². The number of halogens is 2. The van der Waals surface area contributed by atoms with E-state index in [1.807, 2.05) is 6.07 Å². The van der Waals surface area contributed by atoms with Crippen LogP contribution < -0.4 is 15.4 Å². The topological polar surface area (TPSA) is 58.5 Å². The highest BCUT2D eigenvalue weighted by molar-refractivity contribution is 14.0. The van der Waals surface area contributed by atoms with Gasteiger partial charge in [0, 0.05) is 37.5 Å². The van der Waals surface area contributed by atoms with Crippen molar-refractivity contribution in [1.29, 1.82) is 0 Å². The standard InChI is InChI=1S/C18H23FN4O.HI/c1-18(2,3)23-17(20-4)22-12-13-8-9-16(21-11-13)24-15-7-5-6-14(19)10-15;/h5-11H,12H2,1-4H3,(H2,20,22,23);1H. The molecule has 0 aliphatic rings. The van der Waals surface area contributed by atoms with Crippen LogP contribution in [0.3, 0.4) is 0 Å². The summed E-state index contributed by atoms with van der Waals surface area (Å²) in [6, 6.07) is 9.62. The van der Waals surface area contributed by atoms with Gasteiger partial charge in [-0.1, -0.05) is 12.1 Å². The predicted molar refractivity (Wildman–Crippen MR) is 109 cm³/mol. The maximum absolute atomic E-state index is 13.1. The molecule has 0 aliphatic heterocycles. The summed E-state index contributed by atoms with van der Waals surface area (Å²) in [6.45, 7) is 6.79. The van der Waals surface area contributed by atoms with Crippen LogP contribution >= 0.6 is 24.0 Å². The Balaban J connectivity index is 0.00000312. The van der Waals surface area contributed by atoms with Gasteiger partial charge in [-0.15, -0.1) is 24.0 Å². The van der Waals surface area contributed by atoms with E-state index in [0.29, 0.717) is 18.2 Å². The zero-order valence-electron chi connectivity index (χ0n) is 14.8. The Morgan fingerprint density at radius 2 is 2.00 bits per heavy atom. The van der Waals surface area contributed by atoms with E-state index in [0.717, 1.165) is 11.5 Å². The molecule has 7 heteroatoms. The lowest BCUT2D eigenvalue weighted by Crippen LogP contribution is -2.47. The van der Waals surface area contributed by atoms with Gasteiger partial charge >= 0.3 is 0 Å². The van der Waals surface area contributed by atoms with Crippen molar-refractivity contribution in [3.05, 3.63) is 54.0 Å². The molecule has 0 aliphatic carbocycles. The van der Waals surface area contributed by atoms with Gasteiger partial charge in [-0.2, -0.15) is 0 Å². The molecular weight excluding hydrogens is 434 g/mol. The van der Waals surface area contributed by atoms with E-state index in [-0.39, 0.29) is 35.3 Å². The normalized spacial score (nSPS) is 11.5. The van der Waals surface area contributed by atoms with Gasteiger partial charge in [0.15, 0.2) is 5.96 Å². The number of hydrogen-bond acceptors (Lipinski definition) is 3. The summed E-state index contributed by atoms with van der Waals surface area (Å²) in [7, 11) is 1.73. The van der Waals surface area contributed by atoms with Crippen molar-refractivity contribution in [3.8, 4) is 11.6 Å². The first-order chi connectivity index (χ1) is 11.4. The first kappa shape index (κ1) is 21.1. The number of pyridine rings is 1. The van der Waals surface area contributed by atoms with Crippen molar-refractivity contribution in [2.45, 2.75) is 32.9 Å². The molecule has 1 aromatic heterocycles. The van der Waals surface area contributed by atoms with E-state index < -0.39 is 0 Å².